The molecule has 0 bridgehead atoms. The first-order valence-corrected chi connectivity index (χ1v) is 7.04. The second kappa shape index (κ2) is 6.22. The molecule has 2 amide bonds. The van der Waals surface area contributed by atoms with Crippen LogP contribution in [0.25, 0.3) is 0 Å². The van der Waals surface area contributed by atoms with E-state index in [9.17, 15) is 4.79 Å². The normalized spacial score (nSPS) is 22.6. The Morgan fingerprint density at radius 2 is 2.25 bits per heavy atom. The van der Waals surface area contributed by atoms with Gasteiger partial charge in [0.15, 0.2) is 0 Å². The average Bonchev–Trinajstić information content (AvgIpc) is 2.86. The minimum atomic E-state index is -0.219. The third kappa shape index (κ3) is 3.93. The maximum absolute atomic E-state index is 11.8. The fourth-order valence-electron chi connectivity index (χ4n) is 2.62. The molecule has 1 aromatic rings. The second-order valence-electron chi connectivity index (χ2n) is 6.26. The highest BCUT2D eigenvalue weighted by Gasteiger charge is 2.37. The summed E-state index contributed by atoms with van der Waals surface area (Å²) in [7, 11) is 0. The fraction of sp³-hybridized carbons (Fsp3) is 0.600. The molecule has 20 heavy (non-hydrogen) atoms. The van der Waals surface area contributed by atoms with Crippen molar-refractivity contribution in [1.82, 2.24) is 10.3 Å². The van der Waals surface area contributed by atoms with E-state index in [4.69, 9.17) is 4.74 Å². The first-order chi connectivity index (χ1) is 9.47. The number of urea groups is 1. The molecule has 110 valence electrons. The van der Waals surface area contributed by atoms with E-state index in [0.29, 0.717) is 18.3 Å². The largest absolute Gasteiger partial charge is 0.377 e. The van der Waals surface area contributed by atoms with Crippen molar-refractivity contribution < 1.29 is 9.53 Å². The number of nitrogens with one attached hydrogen (secondary N) is 2. The molecule has 2 atom stereocenters. The summed E-state index contributed by atoms with van der Waals surface area (Å²) in [6.45, 7) is 7.91. The van der Waals surface area contributed by atoms with Gasteiger partial charge in [-0.15, -0.1) is 0 Å². The minimum Gasteiger partial charge on any atom is -0.377 e. The predicted molar refractivity (Wildman–Crippen MR) is 78.6 cm³/mol. The summed E-state index contributed by atoms with van der Waals surface area (Å²) in [5.74, 6) is 0.921. The number of rotatable bonds is 3. The van der Waals surface area contributed by atoms with Gasteiger partial charge in [0.05, 0.1) is 6.10 Å². The molecule has 2 heterocycles. The second-order valence-corrected chi connectivity index (χ2v) is 6.26. The van der Waals surface area contributed by atoms with Crippen LogP contribution >= 0.6 is 0 Å². The molecule has 0 spiro atoms. The van der Waals surface area contributed by atoms with E-state index in [1.54, 1.807) is 12.3 Å². The number of carbonyl (C=O) groups is 1. The van der Waals surface area contributed by atoms with Crippen LogP contribution in [0.5, 0.6) is 0 Å². The molecule has 0 saturated carbocycles. The summed E-state index contributed by atoms with van der Waals surface area (Å²) in [4.78, 5) is 15.9. The highest BCUT2D eigenvalue weighted by atomic mass is 16.5. The standard InChI is InChI=1S/C15H23N3O2/c1-15(2,3)13-11(7-9-20-13)10-17-14(19)18-12-6-4-5-8-16-12/h4-6,8,11,13H,7,9-10H2,1-3H3,(H2,16,17,18,19)/t11-,13+/m1/s1. The molecule has 0 aromatic carbocycles. The first kappa shape index (κ1) is 14.8. The highest BCUT2D eigenvalue weighted by molar-refractivity contribution is 5.88. The Bertz CT molecular complexity index is 442. The number of amides is 2. The summed E-state index contributed by atoms with van der Waals surface area (Å²) < 4.78 is 5.80. The zero-order valence-corrected chi connectivity index (χ0v) is 12.3. The maximum atomic E-state index is 11.8. The molecule has 1 aliphatic rings. The van der Waals surface area contributed by atoms with E-state index >= 15 is 0 Å². The zero-order valence-electron chi connectivity index (χ0n) is 12.3. The van der Waals surface area contributed by atoms with Gasteiger partial charge in [-0.25, -0.2) is 9.78 Å². The van der Waals surface area contributed by atoms with Crippen molar-refractivity contribution >= 4 is 11.8 Å². The average molecular weight is 277 g/mol. The highest BCUT2D eigenvalue weighted by Crippen LogP contribution is 2.34. The van der Waals surface area contributed by atoms with Crippen molar-refractivity contribution in [2.24, 2.45) is 11.3 Å². The van der Waals surface area contributed by atoms with E-state index in [1.807, 2.05) is 12.1 Å². The molecule has 1 fully saturated rings. The molecule has 1 aliphatic heterocycles. The number of hydrogen-bond donors (Lipinski definition) is 2. The summed E-state index contributed by atoms with van der Waals surface area (Å²) in [5.41, 5.74) is 0.0975. The Labute approximate surface area is 120 Å². The van der Waals surface area contributed by atoms with Gasteiger partial charge in [-0.3, -0.25) is 5.32 Å². The molecule has 2 rings (SSSR count). The molecule has 0 unspecified atom stereocenters. The van der Waals surface area contributed by atoms with Crippen molar-refractivity contribution in [1.29, 1.82) is 0 Å². The fourth-order valence-corrected chi connectivity index (χ4v) is 2.62. The van der Waals surface area contributed by atoms with Crippen molar-refractivity contribution in [2.75, 3.05) is 18.5 Å². The van der Waals surface area contributed by atoms with Crippen molar-refractivity contribution in [3.63, 3.8) is 0 Å². The molecule has 1 saturated heterocycles. The van der Waals surface area contributed by atoms with Crippen LogP contribution in [0.4, 0.5) is 10.6 Å². The van der Waals surface area contributed by atoms with Crippen LogP contribution < -0.4 is 10.6 Å². The topological polar surface area (TPSA) is 63.2 Å². The SMILES string of the molecule is CC(C)(C)[C@H]1OCC[C@@H]1CNC(=O)Nc1ccccn1. The predicted octanol–water partition coefficient (Wildman–Crippen LogP) is 2.65. The minimum absolute atomic E-state index is 0.0975. The molecule has 0 aliphatic carbocycles. The zero-order chi connectivity index (χ0) is 14.6. The van der Waals surface area contributed by atoms with Gasteiger partial charge >= 0.3 is 6.03 Å². The van der Waals surface area contributed by atoms with Gasteiger partial charge in [-0.2, -0.15) is 0 Å². The lowest BCUT2D eigenvalue weighted by Gasteiger charge is -2.31. The lowest BCUT2D eigenvalue weighted by molar-refractivity contribution is 0.00782. The van der Waals surface area contributed by atoms with Gasteiger partial charge in [-0.05, 0) is 24.0 Å². The molecular formula is C15H23N3O2. The van der Waals surface area contributed by atoms with Gasteiger partial charge < -0.3 is 10.1 Å². The van der Waals surface area contributed by atoms with Gasteiger partial charge in [0.2, 0.25) is 0 Å². The molecule has 5 nitrogen and oxygen atoms in total. The quantitative estimate of drug-likeness (QED) is 0.892. The van der Waals surface area contributed by atoms with Crippen LogP contribution in [0.2, 0.25) is 0 Å². The van der Waals surface area contributed by atoms with Gasteiger partial charge in [0.25, 0.3) is 0 Å². The van der Waals surface area contributed by atoms with E-state index in [0.717, 1.165) is 13.0 Å². The van der Waals surface area contributed by atoms with Gasteiger partial charge in [0, 0.05) is 25.3 Å². The Morgan fingerprint density at radius 3 is 2.90 bits per heavy atom. The van der Waals surface area contributed by atoms with Crippen molar-refractivity contribution in [3.8, 4) is 0 Å². The number of ether oxygens (including phenoxy) is 1. The number of aromatic nitrogens is 1. The number of hydrogen-bond acceptors (Lipinski definition) is 3. The Balaban J connectivity index is 1.81. The van der Waals surface area contributed by atoms with Crippen LogP contribution in [0, 0.1) is 11.3 Å². The third-order valence-corrected chi connectivity index (χ3v) is 3.50. The van der Waals surface area contributed by atoms with Gasteiger partial charge in [-0.1, -0.05) is 26.8 Å². The Morgan fingerprint density at radius 1 is 1.45 bits per heavy atom. The number of carbonyl (C=O) groups excluding carboxylic acids is 1. The van der Waals surface area contributed by atoms with E-state index in [-0.39, 0.29) is 17.6 Å². The smallest absolute Gasteiger partial charge is 0.320 e. The van der Waals surface area contributed by atoms with Gasteiger partial charge in [0.1, 0.15) is 5.82 Å². The van der Waals surface area contributed by atoms with E-state index in [1.165, 1.54) is 0 Å². The molecule has 1 aromatic heterocycles. The molecular weight excluding hydrogens is 254 g/mol. The molecule has 2 N–H and O–H groups in total. The lowest BCUT2D eigenvalue weighted by atomic mass is 9.81. The van der Waals surface area contributed by atoms with Crippen molar-refractivity contribution in [3.05, 3.63) is 24.4 Å². The summed E-state index contributed by atoms with van der Waals surface area (Å²) in [5, 5.41) is 5.62. The monoisotopic (exact) mass is 277 g/mol. The number of anilines is 1. The van der Waals surface area contributed by atoms with Crippen LogP contribution in [0.15, 0.2) is 24.4 Å². The van der Waals surface area contributed by atoms with E-state index < -0.39 is 0 Å². The maximum Gasteiger partial charge on any atom is 0.320 e. The molecule has 5 heteroatoms. The molecule has 0 radical (unpaired) electrons. The Kier molecular flexibility index (Phi) is 4.60. The first-order valence-electron chi connectivity index (χ1n) is 7.04. The summed E-state index contributed by atoms with van der Waals surface area (Å²) >= 11 is 0. The van der Waals surface area contributed by atoms with Crippen molar-refractivity contribution in [2.45, 2.75) is 33.3 Å². The van der Waals surface area contributed by atoms with Crippen LogP contribution in [0.3, 0.4) is 0 Å². The number of nitrogens with zero attached hydrogens (tertiary/aromatic N) is 1. The summed E-state index contributed by atoms with van der Waals surface area (Å²) in [6.07, 6.45) is 2.83. The lowest BCUT2D eigenvalue weighted by Crippen LogP contribution is -2.40. The number of pyridine rings is 1. The third-order valence-electron chi connectivity index (χ3n) is 3.50. The van der Waals surface area contributed by atoms with Crippen LogP contribution in [-0.2, 0) is 4.74 Å². The van der Waals surface area contributed by atoms with Crippen LogP contribution in [-0.4, -0.2) is 30.3 Å². The Hall–Kier alpha value is -1.62. The van der Waals surface area contributed by atoms with Crippen LogP contribution in [0.1, 0.15) is 27.2 Å². The summed E-state index contributed by atoms with van der Waals surface area (Å²) in [6, 6.07) is 5.19. The van der Waals surface area contributed by atoms with E-state index in [2.05, 4.69) is 36.4 Å².